The van der Waals surface area contributed by atoms with Gasteiger partial charge in [-0.2, -0.15) is 10.2 Å². The predicted molar refractivity (Wildman–Crippen MR) is 94.7 cm³/mol. The number of esters is 1. The van der Waals surface area contributed by atoms with Crippen LogP contribution in [-0.2, 0) is 30.8 Å². The topological polar surface area (TPSA) is 82.2 Å². The Kier molecular flexibility index (Phi) is 5.20. The molecule has 138 valence electrons. The number of fused-ring (bicyclic) bond motifs is 1. The molecule has 2 aromatic heterocycles. The third-order valence-corrected chi connectivity index (χ3v) is 4.40. The highest BCUT2D eigenvalue weighted by Crippen LogP contribution is 2.25. The zero-order valence-electron chi connectivity index (χ0n) is 15.1. The van der Waals surface area contributed by atoms with E-state index in [1.165, 1.54) is 0 Å². The first-order chi connectivity index (χ1) is 12.6. The minimum absolute atomic E-state index is 0.0957. The molecule has 0 fully saturated rings. The highest BCUT2D eigenvalue weighted by Gasteiger charge is 2.31. The normalized spacial score (nSPS) is 13.4. The van der Waals surface area contributed by atoms with Crippen molar-refractivity contribution in [3.8, 4) is 0 Å². The number of hydrogen-bond donors (Lipinski definition) is 0. The lowest BCUT2D eigenvalue weighted by molar-refractivity contribution is 0.0513. The molecule has 3 rings (SSSR count). The molecule has 0 spiro atoms. The van der Waals surface area contributed by atoms with Crippen LogP contribution in [-0.4, -0.2) is 49.5 Å². The van der Waals surface area contributed by atoms with Crippen molar-refractivity contribution in [1.82, 2.24) is 24.5 Å². The van der Waals surface area contributed by atoms with Crippen LogP contribution in [0.5, 0.6) is 0 Å². The molecule has 0 unspecified atom stereocenters. The van der Waals surface area contributed by atoms with Gasteiger partial charge in [-0.3, -0.25) is 14.2 Å². The summed E-state index contributed by atoms with van der Waals surface area (Å²) in [4.78, 5) is 26.8. The van der Waals surface area contributed by atoms with E-state index < -0.39 is 5.97 Å². The Labute approximate surface area is 152 Å². The number of amides is 1. The van der Waals surface area contributed by atoms with Crippen LogP contribution < -0.4 is 0 Å². The number of aromatic nitrogens is 4. The molecule has 0 bridgehead atoms. The average Bonchev–Trinajstić information content (AvgIpc) is 3.26. The summed E-state index contributed by atoms with van der Waals surface area (Å²) in [5.41, 5.74) is 2.55. The van der Waals surface area contributed by atoms with Crippen LogP contribution >= 0.6 is 0 Å². The molecule has 0 atom stereocenters. The largest absolute Gasteiger partial charge is 0.461 e. The summed E-state index contributed by atoms with van der Waals surface area (Å²) in [6.45, 7) is 9.85. The highest BCUT2D eigenvalue weighted by molar-refractivity contribution is 5.94. The number of rotatable bonds is 6. The molecule has 8 nitrogen and oxygen atoms in total. The first-order valence-electron chi connectivity index (χ1n) is 8.77. The van der Waals surface area contributed by atoms with Crippen LogP contribution in [0.1, 0.15) is 46.0 Å². The van der Waals surface area contributed by atoms with E-state index in [1.807, 2.05) is 6.92 Å². The van der Waals surface area contributed by atoms with Gasteiger partial charge in [0.15, 0.2) is 5.69 Å². The fourth-order valence-electron chi connectivity index (χ4n) is 3.13. The van der Waals surface area contributed by atoms with Crippen LogP contribution in [0.4, 0.5) is 0 Å². The van der Waals surface area contributed by atoms with Gasteiger partial charge < -0.3 is 9.64 Å². The first-order valence-corrected chi connectivity index (χ1v) is 8.77. The molecule has 0 saturated carbocycles. The molecule has 0 aromatic carbocycles. The van der Waals surface area contributed by atoms with Gasteiger partial charge in [0.25, 0.3) is 5.91 Å². The molecule has 3 heterocycles. The van der Waals surface area contributed by atoms with E-state index in [0.717, 1.165) is 11.3 Å². The van der Waals surface area contributed by atoms with Gasteiger partial charge in [0.05, 0.1) is 31.5 Å². The highest BCUT2D eigenvalue weighted by atomic mass is 16.5. The maximum absolute atomic E-state index is 12.8. The SMILES string of the molecule is C=CCn1nc(C(=O)OCC)c2c1CCN(C(=O)c1cnn(CC)c1)C2. The number of carbonyl (C=O) groups excluding carboxylic acids is 2. The Morgan fingerprint density at radius 3 is 2.85 bits per heavy atom. The Hall–Kier alpha value is -2.90. The van der Waals surface area contributed by atoms with Crippen molar-refractivity contribution in [2.75, 3.05) is 13.2 Å². The molecule has 26 heavy (non-hydrogen) atoms. The standard InChI is InChI=1S/C18H23N5O3/c1-4-8-23-15-7-9-21(17(24)13-10-19-22(5-2)11-13)12-14(15)16(20-23)18(25)26-6-3/h4,10-11H,1,5-9,12H2,2-3H3. The van der Waals surface area contributed by atoms with Gasteiger partial charge in [-0.05, 0) is 13.8 Å². The third-order valence-electron chi connectivity index (χ3n) is 4.40. The minimum Gasteiger partial charge on any atom is -0.461 e. The monoisotopic (exact) mass is 357 g/mol. The Bertz CT molecular complexity index is 836. The lowest BCUT2D eigenvalue weighted by Crippen LogP contribution is -2.36. The summed E-state index contributed by atoms with van der Waals surface area (Å²) in [6.07, 6.45) is 5.68. The molecular weight excluding hydrogens is 334 g/mol. The number of nitrogens with zero attached hydrogens (tertiary/aromatic N) is 5. The minimum atomic E-state index is -0.459. The van der Waals surface area contributed by atoms with Gasteiger partial charge in [-0.1, -0.05) is 6.08 Å². The first kappa shape index (κ1) is 17.9. The number of ether oxygens (including phenoxy) is 1. The predicted octanol–water partition coefficient (Wildman–Crippen LogP) is 1.66. The number of allylic oxidation sites excluding steroid dienone is 1. The van der Waals surface area contributed by atoms with E-state index in [4.69, 9.17) is 4.74 Å². The molecule has 0 N–H and O–H groups in total. The van der Waals surface area contributed by atoms with Gasteiger partial charge in [0, 0.05) is 37.0 Å². The smallest absolute Gasteiger partial charge is 0.359 e. The molecule has 1 aliphatic heterocycles. The Balaban J connectivity index is 1.89. The van der Waals surface area contributed by atoms with Gasteiger partial charge in [0.1, 0.15) is 0 Å². The lowest BCUT2D eigenvalue weighted by Gasteiger charge is -2.27. The number of aryl methyl sites for hydroxylation is 1. The van der Waals surface area contributed by atoms with Gasteiger partial charge in [-0.25, -0.2) is 4.79 Å². The molecule has 0 radical (unpaired) electrons. The summed E-state index contributed by atoms with van der Waals surface area (Å²) >= 11 is 0. The van der Waals surface area contributed by atoms with Crippen molar-refractivity contribution < 1.29 is 14.3 Å². The number of carbonyl (C=O) groups is 2. The molecule has 8 heteroatoms. The quantitative estimate of drug-likeness (QED) is 0.580. The van der Waals surface area contributed by atoms with Gasteiger partial charge in [-0.15, -0.1) is 6.58 Å². The third kappa shape index (κ3) is 3.26. The molecule has 0 saturated heterocycles. The second kappa shape index (κ2) is 7.55. The van der Waals surface area contributed by atoms with Crippen LogP contribution in [0.25, 0.3) is 0 Å². The van der Waals surface area contributed by atoms with Crippen molar-refractivity contribution in [3.63, 3.8) is 0 Å². The van der Waals surface area contributed by atoms with Gasteiger partial charge in [0.2, 0.25) is 0 Å². The lowest BCUT2D eigenvalue weighted by atomic mass is 10.0. The van der Waals surface area contributed by atoms with Crippen LogP contribution in [0.3, 0.4) is 0 Å². The maximum Gasteiger partial charge on any atom is 0.359 e. The van der Waals surface area contributed by atoms with Crippen LogP contribution in [0.15, 0.2) is 25.0 Å². The number of hydrogen-bond acceptors (Lipinski definition) is 5. The zero-order valence-corrected chi connectivity index (χ0v) is 15.1. The summed E-state index contributed by atoms with van der Waals surface area (Å²) < 4.78 is 8.61. The van der Waals surface area contributed by atoms with E-state index in [-0.39, 0.29) is 18.2 Å². The summed E-state index contributed by atoms with van der Waals surface area (Å²) in [5, 5.41) is 8.56. The van der Waals surface area contributed by atoms with Crippen molar-refractivity contribution in [2.24, 2.45) is 0 Å². The van der Waals surface area contributed by atoms with Crippen molar-refractivity contribution in [1.29, 1.82) is 0 Å². The molecule has 0 aliphatic carbocycles. The average molecular weight is 357 g/mol. The summed E-state index contributed by atoms with van der Waals surface area (Å²) in [6, 6.07) is 0. The van der Waals surface area contributed by atoms with E-state index in [1.54, 1.807) is 39.7 Å². The maximum atomic E-state index is 12.8. The molecule has 1 aliphatic rings. The Morgan fingerprint density at radius 2 is 2.19 bits per heavy atom. The van der Waals surface area contributed by atoms with Gasteiger partial charge >= 0.3 is 5.97 Å². The van der Waals surface area contributed by atoms with E-state index in [0.29, 0.717) is 38.2 Å². The fourth-order valence-corrected chi connectivity index (χ4v) is 3.13. The second-order valence-corrected chi connectivity index (χ2v) is 6.03. The fraction of sp³-hybridized carbons (Fsp3) is 0.444. The van der Waals surface area contributed by atoms with E-state index in [2.05, 4.69) is 16.8 Å². The zero-order chi connectivity index (χ0) is 18.7. The van der Waals surface area contributed by atoms with E-state index >= 15 is 0 Å². The van der Waals surface area contributed by atoms with Crippen molar-refractivity contribution in [2.45, 2.75) is 39.9 Å². The summed E-state index contributed by atoms with van der Waals surface area (Å²) in [7, 11) is 0. The molecular formula is C18H23N5O3. The second-order valence-electron chi connectivity index (χ2n) is 6.03. The Morgan fingerprint density at radius 1 is 1.38 bits per heavy atom. The van der Waals surface area contributed by atoms with Crippen molar-refractivity contribution >= 4 is 11.9 Å². The van der Waals surface area contributed by atoms with E-state index in [9.17, 15) is 9.59 Å². The summed E-state index contributed by atoms with van der Waals surface area (Å²) in [5.74, 6) is -0.554. The molecule has 1 amide bonds. The van der Waals surface area contributed by atoms with Crippen LogP contribution in [0, 0.1) is 0 Å². The van der Waals surface area contributed by atoms with Crippen molar-refractivity contribution in [3.05, 3.63) is 47.6 Å². The molecule has 2 aromatic rings. The van der Waals surface area contributed by atoms with Crippen LogP contribution in [0.2, 0.25) is 0 Å².